The minimum atomic E-state index is -0.174. The predicted octanol–water partition coefficient (Wildman–Crippen LogP) is 2.88. The Labute approximate surface area is 178 Å². The molecule has 0 saturated carbocycles. The van der Waals surface area contributed by atoms with Crippen LogP contribution in [0.25, 0.3) is 27.1 Å². The number of pyridine rings is 1. The van der Waals surface area contributed by atoms with E-state index in [4.69, 9.17) is 22.3 Å². The van der Waals surface area contributed by atoms with Crippen LogP contribution in [0.4, 0.5) is 5.82 Å². The van der Waals surface area contributed by atoms with Crippen molar-refractivity contribution >= 4 is 50.0 Å². The van der Waals surface area contributed by atoms with Crippen LogP contribution in [0.3, 0.4) is 0 Å². The van der Waals surface area contributed by atoms with E-state index in [9.17, 15) is 4.79 Å². The van der Waals surface area contributed by atoms with Crippen molar-refractivity contribution in [1.82, 2.24) is 34.3 Å². The minimum Gasteiger partial charge on any atom is -0.383 e. The Kier molecular flexibility index (Phi) is 4.26. The SMILES string of the molecule is Cc1cccnc1-n1c(Cn2nc(Cl)c3c(N)ncnc32)nc2scc(C)c2c1=O. The first-order valence-electron chi connectivity index (χ1n) is 9.00. The van der Waals surface area contributed by atoms with Crippen LogP contribution < -0.4 is 11.3 Å². The molecule has 30 heavy (non-hydrogen) atoms. The van der Waals surface area contributed by atoms with Gasteiger partial charge in [-0.1, -0.05) is 17.7 Å². The van der Waals surface area contributed by atoms with Crippen LogP contribution in [0.1, 0.15) is 17.0 Å². The van der Waals surface area contributed by atoms with E-state index in [0.29, 0.717) is 32.9 Å². The fourth-order valence-electron chi connectivity index (χ4n) is 3.44. The van der Waals surface area contributed by atoms with Gasteiger partial charge in [-0.05, 0) is 36.4 Å². The molecule has 5 heterocycles. The van der Waals surface area contributed by atoms with E-state index in [2.05, 4.69) is 20.1 Å². The molecule has 0 radical (unpaired) electrons. The van der Waals surface area contributed by atoms with Crippen LogP contribution in [0.15, 0.2) is 34.8 Å². The van der Waals surface area contributed by atoms with Gasteiger partial charge >= 0.3 is 0 Å². The van der Waals surface area contributed by atoms with E-state index < -0.39 is 0 Å². The molecule has 0 unspecified atom stereocenters. The molecule has 0 saturated heterocycles. The average molecular weight is 439 g/mol. The van der Waals surface area contributed by atoms with Gasteiger partial charge in [-0.25, -0.2) is 29.2 Å². The lowest BCUT2D eigenvalue weighted by Crippen LogP contribution is -2.26. The van der Waals surface area contributed by atoms with E-state index in [-0.39, 0.29) is 23.1 Å². The number of nitrogen functional groups attached to an aromatic ring is 1. The molecule has 11 heteroatoms. The second kappa shape index (κ2) is 6.85. The highest BCUT2D eigenvalue weighted by molar-refractivity contribution is 7.16. The normalized spacial score (nSPS) is 11.6. The third-order valence-electron chi connectivity index (χ3n) is 4.86. The van der Waals surface area contributed by atoms with Gasteiger partial charge < -0.3 is 5.73 Å². The predicted molar refractivity (Wildman–Crippen MR) is 116 cm³/mol. The summed E-state index contributed by atoms with van der Waals surface area (Å²) in [5, 5.41) is 7.52. The van der Waals surface area contributed by atoms with Crippen molar-refractivity contribution in [1.29, 1.82) is 0 Å². The molecule has 9 nitrogen and oxygen atoms in total. The minimum absolute atomic E-state index is 0.151. The highest BCUT2D eigenvalue weighted by Crippen LogP contribution is 2.27. The maximum atomic E-state index is 13.5. The van der Waals surface area contributed by atoms with Crippen molar-refractivity contribution in [3.8, 4) is 5.82 Å². The number of hydrogen-bond acceptors (Lipinski definition) is 8. The number of nitrogens with zero attached hydrogens (tertiary/aromatic N) is 7. The third kappa shape index (κ3) is 2.76. The van der Waals surface area contributed by atoms with Crippen molar-refractivity contribution in [3.05, 3.63) is 62.5 Å². The first-order valence-corrected chi connectivity index (χ1v) is 10.3. The Morgan fingerprint density at radius 1 is 1.17 bits per heavy atom. The number of aromatic nitrogens is 7. The van der Waals surface area contributed by atoms with Crippen molar-refractivity contribution in [3.63, 3.8) is 0 Å². The molecular formula is C19H15ClN8OS. The summed E-state index contributed by atoms with van der Waals surface area (Å²) in [5.74, 6) is 1.23. The number of nitrogens with two attached hydrogens (primary N) is 1. The summed E-state index contributed by atoms with van der Waals surface area (Å²) in [5.41, 5.74) is 7.97. The molecule has 0 atom stereocenters. The Morgan fingerprint density at radius 2 is 2.00 bits per heavy atom. The molecule has 5 rings (SSSR count). The number of anilines is 1. The Morgan fingerprint density at radius 3 is 2.80 bits per heavy atom. The summed E-state index contributed by atoms with van der Waals surface area (Å²) < 4.78 is 3.10. The summed E-state index contributed by atoms with van der Waals surface area (Å²) >= 11 is 7.70. The molecule has 0 aliphatic rings. The van der Waals surface area contributed by atoms with E-state index in [1.807, 2.05) is 31.4 Å². The van der Waals surface area contributed by atoms with E-state index in [0.717, 1.165) is 11.1 Å². The van der Waals surface area contributed by atoms with Gasteiger partial charge in [-0.3, -0.25) is 4.79 Å². The van der Waals surface area contributed by atoms with Crippen molar-refractivity contribution in [2.45, 2.75) is 20.4 Å². The number of thiophene rings is 1. The number of aryl methyl sites for hydroxylation is 2. The van der Waals surface area contributed by atoms with Crippen LogP contribution in [0.2, 0.25) is 5.15 Å². The molecular weight excluding hydrogens is 424 g/mol. The van der Waals surface area contributed by atoms with Crippen molar-refractivity contribution < 1.29 is 0 Å². The van der Waals surface area contributed by atoms with Crippen molar-refractivity contribution in [2.75, 3.05) is 5.73 Å². The first kappa shape index (κ1) is 18.6. The standard InChI is InChI=1S/C19H15ClN8OS/c1-9-4-3-5-22-16(9)28-11(25-18-12(19(28)29)10(2)7-30-18)6-27-17-13(14(20)26-27)15(21)23-8-24-17/h3-5,7-8H,6H2,1-2H3,(H2,21,23,24). The topological polar surface area (TPSA) is 117 Å². The monoisotopic (exact) mass is 438 g/mol. The maximum absolute atomic E-state index is 13.5. The molecule has 5 aromatic heterocycles. The van der Waals surface area contributed by atoms with Gasteiger partial charge in [-0.15, -0.1) is 11.3 Å². The lowest BCUT2D eigenvalue weighted by molar-refractivity contribution is 0.646. The summed E-state index contributed by atoms with van der Waals surface area (Å²) in [7, 11) is 0. The van der Waals surface area contributed by atoms with Crippen LogP contribution >= 0.6 is 22.9 Å². The van der Waals surface area contributed by atoms with Crippen LogP contribution in [0, 0.1) is 13.8 Å². The lowest BCUT2D eigenvalue weighted by atomic mass is 10.2. The smallest absolute Gasteiger partial charge is 0.268 e. The summed E-state index contributed by atoms with van der Waals surface area (Å²) in [6, 6.07) is 3.73. The fraction of sp³-hybridized carbons (Fsp3) is 0.158. The molecule has 2 N–H and O–H groups in total. The van der Waals surface area contributed by atoms with Gasteiger partial charge in [0.2, 0.25) is 0 Å². The molecule has 150 valence electrons. The van der Waals surface area contributed by atoms with Crippen molar-refractivity contribution in [2.24, 2.45) is 0 Å². The highest BCUT2D eigenvalue weighted by atomic mass is 35.5. The number of halogens is 1. The quantitative estimate of drug-likeness (QED) is 0.460. The largest absolute Gasteiger partial charge is 0.383 e. The molecule has 0 bridgehead atoms. The van der Waals surface area contributed by atoms with Gasteiger partial charge in [0.25, 0.3) is 5.56 Å². The summed E-state index contributed by atoms with van der Waals surface area (Å²) in [6.07, 6.45) is 3.00. The Hall–Kier alpha value is -3.37. The summed E-state index contributed by atoms with van der Waals surface area (Å²) in [4.78, 5) is 31.6. The average Bonchev–Trinajstić information content (AvgIpc) is 3.24. The first-order chi connectivity index (χ1) is 14.5. The lowest BCUT2D eigenvalue weighted by Gasteiger charge is -2.14. The molecule has 0 aliphatic heterocycles. The van der Waals surface area contributed by atoms with Gasteiger partial charge in [0.05, 0.1) is 5.39 Å². The zero-order chi connectivity index (χ0) is 21.0. The van der Waals surface area contributed by atoms with E-state index in [1.165, 1.54) is 22.2 Å². The van der Waals surface area contributed by atoms with Crippen LogP contribution in [0.5, 0.6) is 0 Å². The molecule has 0 aromatic carbocycles. The van der Waals surface area contributed by atoms with Gasteiger partial charge in [-0.2, -0.15) is 5.10 Å². The van der Waals surface area contributed by atoms with Crippen LogP contribution in [-0.4, -0.2) is 34.3 Å². The van der Waals surface area contributed by atoms with Crippen LogP contribution in [-0.2, 0) is 6.54 Å². The van der Waals surface area contributed by atoms with Gasteiger partial charge in [0.15, 0.2) is 10.8 Å². The zero-order valence-electron chi connectivity index (χ0n) is 16.0. The Bertz CT molecular complexity index is 1500. The maximum Gasteiger partial charge on any atom is 0.268 e. The molecule has 0 aliphatic carbocycles. The second-order valence-electron chi connectivity index (χ2n) is 6.82. The van der Waals surface area contributed by atoms with Gasteiger partial charge in [0.1, 0.15) is 40.5 Å². The second-order valence-corrected chi connectivity index (χ2v) is 8.03. The number of fused-ring (bicyclic) bond motifs is 2. The molecule has 5 aromatic rings. The molecule has 0 amide bonds. The zero-order valence-corrected chi connectivity index (χ0v) is 17.6. The Balaban J connectivity index is 1.80. The number of hydrogen-bond donors (Lipinski definition) is 1. The van der Waals surface area contributed by atoms with E-state index >= 15 is 0 Å². The fourth-order valence-corrected chi connectivity index (χ4v) is 4.64. The van der Waals surface area contributed by atoms with Gasteiger partial charge in [0, 0.05) is 6.20 Å². The number of rotatable bonds is 3. The third-order valence-corrected chi connectivity index (χ3v) is 6.12. The molecule has 0 spiro atoms. The van der Waals surface area contributed by atoms with E-state index in [1.54, 1.807) is 10.9 Å². The molecule has 0 fully saturated rings. The highest BCUT2D eigenvalue weighted by Gasteiger charge is 2.20. The summed E-state index contributed by atoms with van der Waals surface area (Å²) in [6.45, 7) is 3.95.